The first-order valence-electron chi connectivity index (χ1n) is 6.95. The van der Waals surface area contributed by atoms with Gasteiger partial charge in [-0.05, 0) is 24.8 Å². The highest BCUT2D eigenvalue weighted by atomic mass is 32.2. The summed E-state index contributed by atoms with van der Waals surface area (Å²) in [5.74, 6) is -0.0153. The summed E-state index contributed by atoms with van der Waals surface area (Å²) in [7, 11) is 1.81. The number of carbonyl (C=O) groups excluding carboxylic acids is 1. The number of hydrogen-bond acceptors (Lipinski definition) is 4. The minimum absolute atomic E-state index is 0.00219. The van der Waals surface area contributed by atoms with Crippen molar-refractivity contribution >= 4 is 23.8 Å². The lowest BCUT2D eigenvalue weighted by Gasteiger charge is -2.27. The maximum Gasteiger partial charge on any atom is 0.327 e. The van der Waals surface area contributed by atoms with Gasteiger partial charge in [-0.2, -0.15) is 5.10 Å². The fourth-order valence-electron chi connectivity index (χ4n) is 2.55. The Bertz CT molecular complexity index is 557. The van der Waals surface area contributed by atoms with Crippen LogP contribution in [0.5, 0.6) is 0 Å². The van der Waals surface area contributed by atoms with Gasteiger partial charge in [0.05, 0.1) is 17.6 Å². The number of urea groups is 1. The van der Waals surface area contributed by atoms with E-state index in [-0.39, 0.29) is 11.4 Å². The summed E-state index contributed by atoms with van der Waals surface area (Å²) in [6.07, 6.45) is 3.82. The van der Waals surface area contributed by atoms with E-state index in [0.717, 1.165) is 18.5 Å². The highest BCUT2D eigenvalue weighted by Crippen LogP contribution is 2.45. The summed E-state index contributed by atoms with van der Waals surface area (Å²) >= 11 is 1.58. The first-order chi connectivity index (χ1) is 10.1. The number of carboxylic acid groups (broad SMARTS) is 1. The Kier molecular flexibility index (Phi) is 3.79. The largest absolute Gasteiger partial charge is 0.480 e. The zero-order valence-corrected chi connectivity index (χ0v) is 12.5. The molecule has 0 bridgehead atoms. The topological polar surface area (TPSA) is 87.5 Å². The lowest BCUT2D eigenvalue weighted by molar-refractivity contribution is -0.141. The van der Waals surface area contributed by atoms with Crippen molar-refractivity contribution in [1.82, 2.24) is 20.0 Å². The Morgan fingerprint density at radius 2 is 2.29 bits per heavy atom. The predicted molar refractivity (Wildman–Crippen MR) is 77.7 cm³/mol. The number of aromatic nitrogens is 2. The van der Waals surface area contributed by atoms with Crippen molar-refractivity contribution in [2.45, 2.75) is 30.8 Å². The number of nitrogens with one attached hydrogen (secondary N) is 1. The molecule has 2 atom stereocenters. The van der Waals surface area contributed by atoms with Crippen molar-refractivity contribution in [1.29, 1.82) is 0 Å². The van der Waals surface area contributed by atoms with E-state index >= 15 is 0 Å². The molecule has 2 aliphatic rings. The summed E-state index contributed by atoms with van der Waals surface area (Å²) < 4.78 is 1.69. The average Bonchev–Trinajstić information content (AvgIpc) is 3.06. The number of aliphatic carboxylic acids is 1. The monoisotopic (exact) mass is 310 g/mol. The number of aryl methyl sites for hydroxylation is 1. The molecule has 1 aromatic rings. The standard InChI is InChI=1S/C13H18N4O3S/c1-16-9(4-5-15-16)6-14-13(20)17-10(12(18)19)7-21-11(17)8-2-3-8/h4-5,8,10-11H,2-3,6-7H2,1H3,(H,14,20)(H,18,19). The molecule has 3 rings (SSSR count). The van der Waals surface area contributed by atoms with Gasteiger partial charge >= 0.3 is 12.0 Å². The van der Waals surface area contributed by atoms with Gasteiger partial charge in [0.1, 0.15) is 6.04 Å². The van der Waals surface area contributed by atoms with Crippen LogP contribution in [0.4, 0.5) is 4.79 Å². The third kappa shape index (κ3) is 2.85. The molecular weight excluding hydrogens is 292 g/mol. The van der Waals surface area contributed by atoms with Crippen LogP contribution in [0.25, 0.3) is 0 Å². The molecule has 1 aliphatic heterocycles. The van der Waals surface area contributed by atoms with E-state index in [9.17, 15) is 14.7 Å². The first kappa shape index (κ1) is 14.2. The van der Waals surface area contributed by atoms with E-state index < -0.39 is 12.0 Å². The third-order valence-electron chi connectivity index (χ3n) is 3.92. The number of hydrogen-bond donors (Lipinski definition) is 2. The van der Waals surface area contributed by atoms with Gasteiger partial charge in [0.15, 0.2) is 0 Å². The van der Waals surface area contributed by atoms with E-state index in [1.54, 1.807) is 29.7 Å². The highest BCUT2D eigenvalue weighted by Gasteiger charge is 2.48. The normalized spacial score (nSPS) is 25.1. The summed E-state index contributed by atoms with van der Waals surface area (Å²) in [4.78, 5) is 25.3. The smallest absolute Gasteiger partial charge is 0.327 e. The lowest BCUT2D eigenvalue weighted by Crippen LogP contribution is -2.50. The van der Waals surface area contributed by atoms with Crippen LogP contribution in [0.15, 0.2) is 12.3 Å². The second-order valence-electron chi connectivity index (χ2n) is 5.43. The summed E-state index contributed by atoms with van der Waals surface area (Å²) in [5, 5.41) is 16.2. The van der Waals surface area contributed by atoms with Gasteiger partial charge < -0.3 is 10.4 Å². The van der Waals surface area contributed by atoms with Gasteiger partial charge in [0.25, 0.3) is 0 Å². The molecule has 8 heteroatoms. The number of thioether (sulfide) groups is 1. The van der Waals surface area contributed by atoms with Crippen LogP contribution in [0.3, 0.4) is 0 Å². The zero-order valence-electron chi connectivity index (χ0n) is 11.7. The fourth-order valence-corrected chi connectivity index (χ4v) is 4.18. The van der Waals surface area contributed by atoms with Crippen molar-refractivity contribution in [2.24, 2.45) is 13.0 Å². The Morgan fingerprint density at radius 3 is 2.86 bits per heavy atom. The number of rotatable bonds is 4. The SMILES string of the molecule is Cn1nccc1CNC(=O)N1C(C(=O)O)CSC1C1CC1. The van der Waals surface area contributed by atoms with Crippen LogP contribution in [0.1, 0.15) is 18.5 Å². The minimum atomic E-state index is -0.929. The van der Waals surface area contributed by atoms with Crippen molar-refractivity contribution in [3.05, 3.63) is 18.0 Å². The Morgan fingerprint density at radius 1 is 1.52 bits per heavy atom. The van der Waals surface area contributed by atoms with Crippen molar-refractivity contribution < 1.29 is 14.7 Å². The summed E-state index contributed by atoms with van der Waals surface area (Å²) in [6.45, 7) is 0.347. The average molecular weight is 310 g/mol. The quantitative estimate of drug-likeness (QED) is 0.861. The van der Waals surface area contributed by atoms with E-state index in [2.05, 4.69) is 10.4 Å². The van der Waals surface area contributed by atoms with Crippen molar-refractivity contribution in [3.63, 3.8) is 0 Å². The molecule has 2 heterocycles. The molecule has 2 N–H and O–H groups in total. The fraction of sp³-hybridized carbons (Fsp3) is 0.615. The van der Waals surface area contributed by atoms with Crippen LogP contribution in [-0.2, 0) is 18.4 Å². The molecule has 1 saturated carbocycles. The zero-order chi connectivity index (χ0) is 15.0. The molecule has 2 unspecified atom stereocenters. The van der Waals surface area contributed by atoms with Gasteiger partial charge in [0, 0.05) is 19.0 Å². The molecule has 2 fully saturated rings. The summed E-state index contributed by atoms with van der Waals surface area (Å²) in [5.41, 5.74) is 0.880. The maximum absolute atomic E-state index is 12.4. The molecule has 7 nitrogen and oxygen atoms in total. The molecule has 0 spiro atoms. The van der Waals surface area contributed by atoms with Crippen LogP contribution >= 0.6 is 11.8 Å². The van der Waals surface area contributed by atoms with Crippen LogP contribution in [0.2, 0.25) is 0 Å². The molecule has 1 saturated heterocycles. The molecule has 0 radical (unpaired) electrons. The van der Waals surface area contributed by atoms with Crippen LogP contribution in [0, 0.1) is 5.92 Å². The lowest BCUT2D eigenvalue weighted by atomic mass is 10.2. The molecule has 1 aliphatic carbocycles. The number of carboxylic acids is 1. The van der Waals surface area contributed by atoms with Gasteiger partial charge in [-0.1, -0.05) is 0 Å². The van der Waals surface area contributed by atoms with Gasteiger partial charge in [-0.25, -0.2) is 9.59 Å². The second kappa shape index (κ2) is 5.59. The Labute approximate surface area is 126 Å². The van der Waals surface area contributed by atoms with Crippen LogP contribution < -0.4 is 5.32 Å². The Balaban J connectivity index is 1.67. The molecular formula is C13H18N4O3S. The van der Waals surface area contributed by atoms with Gasteiger partial charge in [-0.3, -0.25) is 9.58 Å². The third-order valence-corrected chi connectivity index (χ3v) is 5.38. The molecule has 0 aromatic carbocycles. The molecule has 1 aromatic heterocycles. The van der Waals surface area contributed by atoms with Crippen molar-refractivity contribution in [3.8, 4) is 0 Å². The van der Waals surface area contributed by atoms with Crippen molar-refractivity contribution in [2.75, 3.05) is 5.75 Å². The van der Waals surface area contributed by atoms with Gasteiger partial charge in [-0.15, -0.1) is 11.8 Å². The van der Waals surface area contributed by atoms with E-state index in [1.807, 2.05) is 6.07 Å². The predicted octanol–water partition coefficient (Wildman–Crippen LogP) is 0.868. The number of carbonyl (C=O) groups is 2. The first-order valence-corrected chi connectivity index (χ1v) is 8.00. The second-order valence-corrected chi connectivity index (χ2v) is 6.58. The van der Waals surface area contributed by atoms with Crippen LogP contribution in [-0.4, -0.2) is 49.0 Å². The van der Waals surface area contributed by atoms with E-state index in [4.69, 9.17) is 0 Å². The number of amides is 2. The summed E-state index contributed by atoms with van der Waals surface area (Å²) in [6, 6.07) is 0.795. The van der Waals surface area contributed by atoms with Gasteiger partial charge in [0.2, 0.25) is 0 Å². The minimum Gasteiger partial charge on any atom is -0.480 e. The maximum atomic E-state index is 12.4. The number of nitrogens with zero attached hydrogens (tertiary/aromatic N) is 3. The molecule has 2 amide bonds. The molecule has 114 valence electrons. The molecule has 21 heavy (non-hydrogen) atoms. The highest BCUT2D eigenvalue weighted by molar-refractivity contribution is 8.00. The van der Waals surface area contributed by atoms with E-state index in [1.165, 1.54) is 4.90 Å². The van der Waals surface area contributed by atoms with E-state index in [0.29, 0.717) is 18.2 Å². The Hall–Kier alpha value is -1.70.